The van der Waals surface area contributed by atoms with Crippen molar-refractivity contribution < 1.29 is 17.9 Å². The van der Waals surface area contributed by atoms with Gasteiger partial charge in [0.1, 0.15) is 11.5 Å². The van der Waals surface area contributed by atoms with E-state index in [2.05, 4.69) is 4.72 Å². The molecule has 26 heavy (non-hydrogen) atoms. The second-order valence-electron chi connectivity index (χ2n) is 6.42. The van der Waals surface area contributed by atoms with Crippen LogP contribution in [0.1, 0.15) is 33.4 Å². The maximum atomic E-state index is 13.1. The number of sulfonamides is 1. The molecule has 2 rings (SSSR count). The molecule has 5 nitrogen and oxygen atoms in total. The van der Waals surface area contributed by atoms with Crippen molar-refractivity contribution in [2.24, 2.45) is 0 Å². The van der Waals surface area contributed by atoms with Crippen LogP contribution in [0.3, 0.4) is 0 Å². The van der Waals surface area contributed by atoms with E-state index in [0.29, 0.717) is 22.0 Å². The van der Waals surface area contributed by atoms with E-state index in [1.807, 2.05) is 34.6 Å². The number of benzene rings is 2. The molecular formula is C20H27NO4S. The lowest BCUT2D eigenvalue weighted by Gasteiger charge is -2.20. The molecule has 0 aliphatic rings. The molecule has 0 atom stereocenters. The Morgan fingerprint density at radius 2 is 1.23 bits per heavy atom. The van der Waals surface area contributed by atoms with Crippen molar-refractivity contribution in [3.8, 4) is 11.5 Å². The lowest BCUT2D eigenvalue weighted by molar-refractivity contribution is 0.384. The molecule has 0 spiro atoms. The van der Waals surface area contributed by atoms with E-state index in [0.717, 1.165) is 27.8 Å². The molecule has 0 fully saturated rings. The van der Waals surface area contributed by atoms with Crippen LogP contribution in [0.4, 0.5) is 0 Å². The zero-order valence-corrected chi connectivity index (χ0v) is 17.3. The Morgan fingerprint density at radius 1 is 0.808 bits per heavy atom. The van der Waals surface area contributed by atoms with Crippen molar-refractivity contribution in [1.29, 1.82) is 0 Å². The Balaban J connectivity index is 2.47. The van der Waals surface area contributed by atoms with Crippen LogP contribution in [0.2, 0.25) is 0 Å². The van der Waals surface area contributed by atoms with Crippen LogP contribution in [-0.2, 0) is 16.6 Å². The molecular weight excluding hydrogens is 350 g/mol. The summed E-state index contributed by atoms with van der Waals surface area (Å²) < 4.78 is 39.5. The first-order valence-electron chi connectivity index (χ1n) is 8.42. The summed E-state index contributed by atoms with van der Waals surface area (Å²) in [5, 5.41) is 0. The Hall–Kier alpha value is -2.05. The van der Waals surface area contributed by atoms with E-state index >= 15 is 0 Å². The monoisotopic (exact) mass is 377 g/mol. The molecule has 2 aromatic carbocycles. The fourth-order valence-electron chi connectivity index (χ4n) is 3.21. The number of methoxy groups -OCH3 is 2. The Kier molecular flexibility index (Phi) is 5.98. The molecule has 1 N–H and O–H groups in total. The number of hydrogen-bond acceptors (Lipinski definition) is 4. The van der Waals surface area contributed by atoms with E-state index in [-0.39, 0.29) is 6.54 Å². The van der Waals surface area contributed by atoms with Gasteiger partial charge in [-0.1, -0.05) is 6.07 Å². The fraction of sp³-hybridized carbons (Fsp3) is 0.400. The van der Waals surface area contributed by atoms with E-state index in [4.69, 9.17) is 9.47 Å². The normalized spacial score (nSPS) is 11.5. The number of nitrogens with one attached hydrogen (secondary N) is 1. The molecule has 0 unspecified atom stereocenters. The maximum absolute atomic E-state index is 13.1. The van der Waals surface area contributed by atoms with E-state index in [1.54, 1.807) is 32.4 Å². The topological polar surface area (TPSA) is 64.6 Å². The predicted octanol–water partition coefficient (Wildman–Crippen LogP) is 3.72. The first kappa shape index (κ1) is 20.3. The third kappa shape index (κ3) is 3.57. The highest BCUT2D eigenvalue weighted by molar-refractivity contribution is 7.89. The van der Waals surface area contributed by atoms with Crippen molar-refractivity contribution in [1.82, 2.24) is 4.72 Å². The third-order valence-electron chi connectivity index (χ3n) is 5.17. The third-order valence-corrected chi connectivity index (χ3v) is 6.84. The van der Waals surface area contributed by atoms with Crippen molar-refractivity contribution in [2.45, 2.75) is 46.1 Å². The van der Waals surface area contributed by atoms with Gasteiger partial charge in [0.2, 0.25) is 10.0 Å². The minimum Gasteiger partial charge on any atom is -0.496 e. The summed E-state index contributed by atoms with van der Waals surface area (Å²) >= 11 is 0. The largest absolute Gasteiger partial charge is 0.496 e. The van der Waals surface area contributed by atoms with Gasteiger partial charge in [0, 0.05) is 6.54 Å². The molecule has 0 bridgehead atoms. The van der Waals surface area contributed by atoms with Gasteiger partial charge in [-0.2, -0.15) is 0 Å². The van der Waals surface area contributed by atoms with Crippen LogP contribution in [-0.4, -0.2) is 22.6 Å². The number of ether oxygens (including phenoxy) is 2. The van der Waals surface area contributed by atoms with Gasteiger partial charge in [-0.15, -0.1) is 0 Å². The molecule has 0 saturated heterocycles. The molecule has 0 aliphatic carbocycles. The van der Waals surface area contributed by atoms with Crippen LogP contribution in [0.25, 0.3) is 0 Å². The van der Waals surface area contributed by atoms with Crippen LogP contribution in [0.15, 0.2) is 23.1 Å². The zero-order chi connectivity index (χ0) is 19.6. The van der Waals surface area contributed by atoms with Gasteiger partial charge in [-0.3, -0.25) is 0 Å². The lowest BCUT2D eigenvalue weighted by Crippen LogP contribution is -2.26. The Bertz CT molecular complexity index is 882. The summed E-state index contributed by atoms with van der Waals surface area (Å²) in [6.45, 7) is 9.73. The Morgan fingerprint density at radius 3 is 1.65 bits per heavy atom. The van der Waals surface area contributed by atoms with Gasteiger partial charge < -0.3 is 9.47 Å². The van der Waals surface area contributed by atoms with Gasteiger partial charge in [-0.05, 0) is 74.6 Å². The van der Waals surface area contributed by atoms with Gasteiger partial charge in [0.05, 0.1) is 24.7 Å². The van der Waals surface area contributed by atoms with Crippen LogP contribution in [0.5, 0.6) is 11.5 Å². The molecule has 0 radical (unpaired) electrons. The first-order valence-corrected chi connectivity index (χ1v) is 9.90. The van der Waals surface area contributed by atoms with Crippen molar-refractivity contribution in [2.75, 3.05) is 14.2 Å². The summed E-state index contributed by atoms with van der Waals surface area (Å²) in [7, 11) is -0.594. The summed E-state index contributed by atoms with van der Waals surface area (Å²) in [4.78, 5) is 0.354. The molecule has 0 aliphatic heterocycles. The minimum absolute atomic E-state index is 0.0837. The smallest absolute Gasteiger partial charge is 0.241 e. The SMILES string of the molecule is COc1cccc(OC)c1CNS(=O)(=O)c1c(C)c(C)c(C)c(C)c1C. The highest BCUT2D eigenvalue weighted by atomic mass is 32.2. The summed E-state index contributed by atoms with van der Waals surface area (Å²) in [5.74, 6) is 1.16. The van der Waals surface area contributed by atoms with Gasteiger partial charge in [0.15, 0.2) is 0 Å². The van der Waals surface area contributed by atoms with Crippen LogP contribution >= 0.6 is 0 Å². The summed E-state index contributed by atoms with van der Waals surface area (Å²) in [5.41, 5.74) is 5.36. The quantitative estimate of drug-likeness (QED) is 0.833. The van der Waals surface area contributed by atoms with Gasteiger partial charge in [-0.25, -0.2) is 13.1 Å². The summed E-state index contributed by atoms with van der Waals surface area (Å²) in [6.07, 6.45) is 0. The summed E-state index contributed by atoms with van der Waals surface area (Å²) in [6, 6.07) is 5.36. The molecule has 0 amide bonds. The highest BCUT2D eigenvalue weighted by Crippen LogP contribution is 2.31. The molecule has 0 aromatic heterocycles. The molecule has 6 heteroatoms. The predicted molar refractivity (Wildman–Crippen MR) is 104 cm³/mol. The van der Waals surface area contributed by atoms with Crippen molar-refractivity contribution in [3.05, 3.63) is 51.6 Å². The minimum atomic E-state index is -3.69. The highest BCUT2D eigenvalue weighted by Gasteiger charge is 2.24. The number of hydrogen-bond donors (Lipinski definition) is 1. The molecule has 0 heterocycles. The van der Waals surface area contributed by atoms with Crippen LogP contribution < -0.4 is 14.2 Å². The van der Waals surface area contributed by atoms with E-state index in [1.165, 1.54) is 0 Å². The van der Waals surface area contributed by atoms with Crippen LogP contribution in [0, 0.1) is 34.6 Å². The zero-order valence-electron chi connectivity index (χ0n) is 16.5. The second-order valence-corrected chi connectivity index (χ2v) is 8.12. The molecule has 0 saturated carbocycles. The van der Waals surface area contributed by atoms with Crippen molar-refractivity contribution >= 4 is 10.0 Å². The first-order chi connectivity index (χ1) is 12.2. The maximum Gasteiger partial charge on any atom is 0.241 e. The Labute approximate surface area is 156 Å². The van der Waals surface area contributed by atoms with Gasteiger partial charge >= 0.3 is 0 Å². The molecule has 2 aromatic rings. The second kappa shape index (κ2) is 7.68. The lowest BCUT2D eigenvalue weighted by atomic mass is 9.95. The fourth-order valence-corrected chi connectivity index (χ4v) is 4.80. The van der Waals surface area contributed by atoms with E-state index < -0.39 is 10.0 Å². The average Bonchev–Trinajstić information content (AvgIpc) is 2.62. The van der Waals surface area contributed by atoms with E-state index in [9.17, 15) is 8.42 Å². The van der Waals surface area contributed by atoms with Gasteiger partial charge in [0.25, 0.3) is 0 Å². The average molecular weight is 378 g/mol. The number of rotatable bonds is 6. The van der Waals surface area contributed by atoms with Crippen molar-refractivity contribution in [3.63, 3.8) is 0 Å². The standard InChI is InChI=1S/C20H27NO4S/c1-12-13(2)15(4)20(16(5)14(12)3)26(22,23)21-11-17-18(24-6)9-8-10-19(17)25-7/h8-10,21H,11H2,1-7H3. The molecule has 142 valence electrons.